The minimum absolute atomic E-state index is 0.372. The second-order valence-electron chi connectivity index (χ2n) is 6.46. The molecule has 1 atom stereocenters. The zero-order valence-electron chi connectivity index (χ0n) is 14.3. The average Bonchev–Trinajstić information content (AvgIpc) is 3.30. The Hall–Kier alpha value is -2.14. The summed E-state index contributed by atoms with van der Waals surface area (Å²) in [7, 11) is 0. The van der Waals surface area contributed by atoms with Crippen LogP contribution in [0, 0.1) is 0 Å². The lowest BCUT2D eigenvalue weighted by Crippen LogP contribution is -2.18. The second kappa shape index (κ2) is 7.62. The molecule has 3 N–H and O–H groups in total. The van der Waals surface area contributed by atoms with Gasteiger partial charge in [-0.2, -0.15) is 0 Å². The summed E-state index contributed by atoms with van der Waals surface area (Å²) in [6.45, 7) is 0.815. The number of hydrogen-bond acceptors (Lipinski definition) is 3. The van der Waals surface area contributed by atoms with Crippen molar-refractivity contribution in [1.82, 2.24) is 5.32 Å². The summed E-state index contributed by atoms with van der Waals surface area (Å²) in [4.78, 5) is 5.58. The molecule has 1 unspecified atom stereocenters. The maximum atomic E-state index is 6.11. The zero-order chi connectivity index (χ0) is 17.9. The van der Waals surface area contributed by atoms with E-state index < -0.39 is 0 Å². The maximum absolute atomic E-state index is 6.11. The highest BCUT2D eigenvalue weighted by molar-refractivity contribution is 7.12. The number of benzene rings is 2. The molecule has 132 valence electrons. The number of aliphatic imine (C=N–C) groups is 1. The topological polar surface area (TPSA) is 50.4 Å². The van der Waals surface area contributed by atoms with Crippen LogP contribution in [0.25, 0.3) is 0 Å². The summed E-state index contributed by atoms with van der Waals surface area (Å²) in [5, 5.41) is 6.44. The van der Waals surface area contributed by atoms with Gasteiger partial charge in [0, 0.05) is 17.6 Å². The first kappa shape index (κ1) is 17.3. The lowest BCUT2D eigenvalue weighted by molar-refractivity contribution is 0.530. The SMILES string of the molecule is NC(=Nc1ccc2c(c1)CCC2NCc1cccc(Cl)c1)c1cccs1. The Morgan fingerprint density at radius 3 is 2.92 bits per heavy atom. The minimum Gasteiger partial charge on any atom is -0.383 e. The molecule has 0 aliphatic heterocycles. The lowest BCUT2D eigenvalue weighted by Gasteiger charge is -2.14. The molecule has 26 heavy (non-hydrogen) atoms. The van der Waals surface area contributed by atoms with Gasteiger partial charge < -0.3 is 11.1 Å². The predicted octanol–water partition coefficient (Wildman–Crippen LogP) is 5.22. The molecule has 0 saturated carbocycles. The number of aryl methyl sites for hydroxylation is 1. The average molecular weight is 382 g/mol. The van der Waals surface area contributed by atoms with Gasteiger partial charge in [0.1, 0.15) is 5.84 Å². The number of thiophene rings is 1. The van der Waals surface area contributed by atoms with E-state index in [4.69, 9.17) is 17.3 Å². The van der Waals surface area contributed by atoms with Crippen LogP contribution in [0.4, 0.5) is 5.69 Å². The summed E-state index contributed by atoms with van der Waals surface area (Å²) < 4.78 is 0. The van der Waals surface area contributed by atoms with Crippen molar-refractivity contribution in [2.24, 2.45) is 10.7 Å². The molecule has 1 aliphatic carbocycles. The Kier molecular flexibility index (Phi) is 5.07. The van der Waals surface area contributed by atoms with E-state index in [1.54, 1.807) is 11.3 Å². The summed E-state index contributed by atoms with van der Waals surface area (Å²) >= 11 is 7.67. The first-order valence-electron chi connectivity index (χ1n) is 8.68. The van der Waals surface area contributed by atoms with Gasteiger partial charge in [0.15, 0.2) is 0 Å². The van der Waals surface area contributed by atoms with Crippen molar-refractivity contribution in [1.29, 1.82) is 0 Å². The van der Waals surface area contributed by atoms with E-state index in [2.05, 4.69) is 34.6 Å². The van der Waals surface area contributed by atoms with E-state index in [1.807, 2.05) is 35.7 Å². The maximum Gasteiger partial charge on any atom is 0.141 e. The van der Waals surface area contributed by atoms with Gasteiger partial charge in [0.25, 0.3) is 0 Å². The molecule has 2 aromatic carbocycles. The van der Waals surface area contributed by atoms with Crippen LogP contribution >= 0.6 is 22.9 Å². The van der Waals surface area contributed by atoms with Crippen LogP contribution in [0.1, 0.15) is 34.0 Å². The summed E-state index contributed by atoms with van der Waals surface area (Å²) in [6.07, 6.45) is 2.16. The highest BCUT2D eigenvalue weighted by Gasteiger charge is 2.22. The van der Waals surface area contributed by atoms with Gasteiger partial charge in [-0.25, -0.2) is 4.99 Å². The Labute approximate surface area is 162 Å². The number of amidine groups is 1. The highest BCUT2D eigenvalue weighted by Crippen LogP contribution is 2.34. The van der Waals surface area contributed by atoms with Crippen LogP contribution in [0.5, 0.6) is 0 Å². The molecule has 5 heteroatoms. The largest absolute Gasteiger partial charge is 0.383 e. The molecule has 0 radical (unpaired) electrons. The van der Waals surface area contributed by atoms with E-state index in [-0.39, 0.29) is 0 Å². The fraction of sp³-hybridized carbons (Fsp3) is 0.190. The number of hydrogen-bond donors (Lipinski definition) is 2. The molecule has 0 bridgehead atoms. The van der Waals surface area contributed by atoms with Crippen LogP contribution in [-0.2, 0) is 13.0 Å². The van der Waals surface area contributed by atoms with E-state index in [1.165, 1.54) is 16.7 Å². The van der Waals surface area contributed by atoms with Gasteiger partial charge in [0.05, 0.1) is 10.6 Å². The number of rotatable bonds is 5. The van der Waals surface area contributed by atoms with Crippen molar-refractivity contribution >= 4 is 34.5 Å². The summed E-state index contributed by atoms with van der Waals surface area (Å²) in [5.41, 5.74) is 10.9. The van der Waals surface area contributed by atoms with Gasteiger partial charge in [-0.15, -0.1) is 11.3 Å². The van der Waals surface area contributed by atoms with Crippen molar-refractivity contribution in [2.75, 3.05) is 0 Å². The molecule has 0 saturated heterocycles. The van der Waals surface area contributed by atoms with Crippen molar-refractivity contribution in [3.8, 4) is 0 Å². The molecule has 3 aromatic rings. The number of nitrogens with one attached hydrogen (secondary N) is 1. The fourth-order valence-electron chi connectivity index (χ4n) is 3.39. The van der Waals surface area contributed by atoms with Crippen LogP contribution in [0.2, 0.25) is 5.02 Å². The third kappa shape index (κ3) is 3.83. The normalized spacial score (nSPS) is 16.7. The molecule has 3 nitrogen and oxygen atoms in total. The lowest BCUT2D eigenvalue weighted by atomic mass is 10.1. The number of nitrogens with zero attached hydrogens (tertiary/aromatic N) is 1. The predicted molar refractivity (Wildman–Crippen MR) is 110 cm³/mol. The Bertz CT molecular complexity index is 934. The van der Waals surface area contributed by atoms with E-state index in [9.17, 15) is 0 Å². The third-order valence-electron chi connectivity index (χ3n) is 4.67. The van der Waals surface area contributed by atoms with Crippen LogP contribution < -0.4 is 11.1 Å². The quantitative estimate of drug-likeness (QED) is 0.470. The van der Waals surface area contributed by atoms with E-state index in [0.717, 1.165) is 35.0 Å². The number of nitrogens with two attached hydrogens (primary N) is 1. The second-order valence-corrected chi connectivity index (χ2v) is 7.84. The molecule has 4 rings (SSSR count). The molecule has 1 heterocycles. The first-order chi connectivity index (χ1) is 12.7. The molecule has 0 fully saturated rings. The van der Waals surface area contributed by atoms with Crippen LogP contribution in [0.15, 0.2) is 65.0 Å². The van der Waals surface area contributed by atoms with Gasteiger partial charge in [-0.1, -0.05) is 35.9 Å². The van der Waals surface area contributed by atoms with E-state index in [0.29, 0.717) is 11.9 Å². The zero-order valence-corrected chi connectivity index (χ0v) is 15.9. The van der Waals surface area contributed by atoms with Crippen molar-refractivity contribution in [2.45, 2.75) is 25.4 Å². The number of fused-ring (bicyclic) bond motifs is 1. The molecule has 1 aliphatic rings. The highest BCUT2D eigenvalue weighted by atomic mass is 35.5. The molecular formula is C21H20ClN3S. The van der Waals surface area contributed by atoms with Crippen LogP contribution in [-0.4, -0.2) is 5.84 Å². The van der Waals surface area contributed by atoms with Crippen LogP contribution in [0.3, 0.4) is 0 Å². The molecule has 0 spiro atoms. The summed E-state index contributed by atoms with van der Waals surface area (Å²) in [6, 6.07) is 18.7. The number of halogens is 1. The van der Waals surface area contributed by atoms with E-state index >= 15 is 0 Å². The van der Waals surface area contributed by atoms with Crippen molar-refractivity contribution in [3.05, 3.63) is 86.6 Å². The van der Waals surface area contributed by atoms with Crippen molar-refractivity contribution in [3.63, 3.8) is 0 Å². The standard InChI is InChI=1S/C21H20ClN3S/c22-16-4-1-3-14(11-16)13-24-19-9-6-15-12-17(7-8-18(15)19)25-21(23)20-5-2-10-26-20/h1-5,7-8,10-12,19,24H,6,9,13H2,(H2,23,25). The molecule has 1 aromatic heterocycles. The Balaban J connectivity index is 1.47. The fourth-order valence-corrected chi connectivity index (χ4v) is 4.23. The Morgan fingerprint density at radius 2 is 2.12 bits per heavy atom. The molecule has 0 amide bonds. The van der Waals surface area contributed by atoms with Gasteiger partial charge in [0.2, 0.25) is 0 Å². The van der Waals surface area contributed by atoms with Gasteiger partial charge >= 0.3 is 0 Å². The minimum atomic E-state index is 0.372. The monoisotopic (exact) mass is 381 g/mol. The smallest absolute Gasteiger partial charge is 0.141 e. The Morgan fingerprint density at radius 1 is 1.19 bits per heavy atom. The van der Waals surface area contributed by atoms with Gasteiger partial charge in [-0.05, 0) is 65.2 Å². The third-order valence-corrected chi connectivity index (χ3v) is 5.80. The molecular weight excluding hydrogens is 362 g/mol. The van der Waals surface area contributed by atoms with Gasteiger partial charge in [-0.3, -0.25) is 0 Å². The summed E-state index contributed by atoms with van der Waals surface area (Å²) in [5.74, 6) is 0.577. The van der Waals surface area contributed by atoms with Crippen molar-refractivity contribution < 1.29 is 0 Å². The first-order valence-corrected chi connectivity index (χ1v) is 9.93.